The molecule has 7 heteroatoms. The van der Waals surface area contributed by atoms with Crippen LogP contribution >= 0.6 is 11.3 Å². The van der Waals surface area contributed by atoms with E-state index in [1.807, 2.05) is 24.3 Å². The van der Waals surface area contributed by atoms with Gasteiger partial charge in [0.15, 0.2) is 5.06 Å². The van der Waals surface area contributed by atoms with E-state index in [2.05, 4.69) is 34.2 Å². The molecule has 30 heavy (non-hydrogen) atoms. The fraction of sp³-hybridized carbons (Fsp3) is 0.522. The molecule has 0 radical (unpaired) electrons. The molecule has 4 fully saturated rings. The number of piperidine rings is 3. The van der Waals surface area contributed by atoms with Crippen molar-refractivity contribution < 1.29 is 14.3 Å². The summed E-state index contributed by atoms with van der Waals surface area (Å²) in [4.78, 5) is 18.4. The second-order valence-corrected chi connectivity index (χ2v) is 9.48. The molecule has 2 atom stereocenters. The lowest BCUT2D eigenvalue weighted by Gasteiger charge is -2.49. The Morgan fingerprint density at radius 3 is 2.70 bits per heavy atom. The first-order chi connectivity index (χ1) is 14.7. The number of rotatable bonds is 5. The third-order valence-electron chi connectivity index (χ3n) is 6.69. The molecule has 0 unspecified atom stereocenters. The Bertz CT molecular complexity index is 885. The normalized spacial score (nSPS) is 28.4. The van der Waals surface area contributed by atoms with Gasteiger partial charge in [0.25, 0.3) is 5.91 Å². The number of carbonyl (C=O) groups excluding carboxylic acids is 1. The van der Waals surface area contributed by atoms with E-state index in [0.29, 0.717) is 16.8 Å². The summed E-state index contributed by atoms with van der Waals surface area (Å²) < 4.78 is 11.5. The SMILES string of the molecule is C[C@H]1[C@H](NC(=O)c2ccc(Oc3cccc(N4CCOCC4)c3)s2)C2CCN1CC2. The van der Waals surface area contributed by atoms with E-state index in [9.17, 15) is 4.79 Å². The third-order valence-corrected chi connectivity index (χ3v) is 7.65. The Morgan fingerprint density at radius 2 is 1.93 bits per heavy atom. The number of fused-ring (bicyclic) bond motifs is 3. The molecule has 0 aliphatic carbocycles. The van der Waals surface area contributed by atoms with Gasteiger partial charge in [-0.25, -0.2) is 0 Å². The van der Waals surface area contributed by atoms with Crippen LogP contribution in [0, 0.1) is 5.92 Å². The Morgan fingerprint density at radius 1 is 1.13 bits per heavy atom. The van der Waals surface area contributed by atoms with Crippen LogP contribution in [0.2, 0.25) is 0 Å². The minimum atomic E-state index is 0.0162. The smallest absolute Gasteiger partial charge is 0.261 e. The van der Waals surface area contributed by atoms with Crippen LogP contribution in [0.3, 0.4) is 0 Å². The van der Waals surface area contributed by atoms with Gasteiger partial charge in [0, 0.05) is 36.9 Å². The number of amides is 1. The van der Waals surface area contributed by atoms with E-state index >= 15 is 0 Å². The molecule has 160 valence electrons. The van der Waals surface area contributed by atoms with Gasteiger partial charge in [0.2, 0.25) is 0 Å². The summed E-state index contributed by atoms with van der Waals surface area (Å²) in [6, 6.07) is 12.5. The molecule has 6 rings (SSSR count). The van der Waals surface area contributed by atoms with Gasteiger partial charge in [-0.3, -0.25) is 9.69 Å². The highest BCUT2D eigenvalue weighted by molar-refractivity contribution is 7.15. The summed E-state index contributed by atoms with van der Waals surface area (Å²) in [6.07, 6.45) is 2.38. The molecule has 2 aromatic rings. The van der Waals surface area contributed by atoms with Crippen molar-refractivity contribution in [2.45, 2.75) is 31.8 Å². The Labute approximate surface area is 181 Å². The maximum absolute atomic E-state index is 12.9. The molecule has 1 N–H and O–H groups in total. The van der Waals surface area contributed by atoms with Crippen LogP contribution in [0.5, 0.6) is 10.8 Å². The van der Waals surface area contributed by atoms with Gasteiger partial charge in [-0.15, -0.1) is 0 Å². The first kappa shape index (κ1) is 19.8. The number of morpholine rings is 1. The van der Waals surface area contributed by atoms with E-state index in [-0.39, 0.29) is 11.9 Å². The van der Waals surface area contributed by atoms with E-state index in [1.165, 1.54) is 37.3 Å². The summed E-state index contributed by atoms with van der Waals surface area (Å²) in [5.41, 5.74) is 1.14. The van der Waals surface area contributed by atoms with Gasteiger partial charge in [-0.1, -0.05) is 17.4 Å². The summed E-state index contributed by atoms with van der Waals surface area (Å²) in [5, 5.41) is 4.04. The first-order valence-electron chi connectivity index (χ1n) is 10.9. The zero-order chi connectivity index (χ0) is 20.5. The van der Waals surface area contributed by atoms with E-state index in [0.717, 1.165) is 42.8 Å². The molecule has 1 aromatic heterocycles. The van der Waals surface area contributed by atoms with Gasteiger partial charge in [0.05, 0.1) is 18.1 Å². The van der Waals surface area contributed by atoms with Crippen LogP contribution in [-0.4, -0.2) is 62.3 Å². The van der Waals surface area contributed by atoms with Gasteiger partial charge in [-0.05, 0) is 63.0 Å². The molecule has 6 nitrogen and oxygen atoms in total. The van der Waals surface area contributed by atoms with Crippen molar-refractivity contribution in [2.24, 2.45) is 5.92 Å². The number of nitrogens with one attached hydrogen (secondary N) is 1. The number of thiophene rings is 1. The molecule has 4 saturated heterocycles. The zero-order valence-corrected chi connectivity index (χ0v) is 18.2. The summed E-state index contributed by atoms with van der Waals surface area (Å²) in [7, 11) is 0. The van der Waals surface area contributed by atoms with Gasteiger partial charge < -0.3 is 19.7 Å². The number of hydrogen-bond acceptors (Lipinski definition) is 6. The van der Waals surface area contributed by atoms with Crippen LogP contribution in [0.1, 0.15) is 29.4 Å². The Kier molecular flexibility index (Phi) is 5.67. The van der Waals surface area contributed by atoms with Gasteiger partial charge >= 0.3 is 0 Å². The average molecular weight is 428 g/mol. The van der Waals surface area contributed by atoms with Crippen LogP contribution in [0.15, 0.2) is 36.4 Å². The number of nitrogens with zero attached hydrogens (tertiary/aromatic N) is 2. The topological polar surface area (TPSA) is 54.0 Å². The van der Waals surface area contributed by atoms with Crippen molar-refractivity contribution in [3.8, 4) is 10.8 Å². The van der Waals surface area contributed by atoms with Crippen LogP contribution in [0.4, 0.5) is 5.69 Å². The molecule has 4 aliphatic rings. The summed E-state index contributed by atoms with van der Waals surface area (Å²) in [6.45, 7) is 7.87. The molecule has 0 saturated carbocycles. The minimum Gasteiger partial charge on any atom is -0.447 e. The monoisotopic (exact) mass is 427 g/mol. The van der Waals surface area contributed by atoms with Crippen molar-refractivity contribution in [2.75, 3.05) is 44.3 Å². The highest BCUT2D eigenvalue weighted by atomic mass is 32.1. The third kappa shape index (κ3) is 4.06. The zero-order valence-electron chi connectivity index (χ0n) is 17.4. The lowest BCUT2D eigenvalue weighted by molar-refractivity contribution is 0.0218. The van der Waals surface area contributed by atoms with Crippen molar-refractivity contribution in [3.05, 3.63) is 41.3 Å². The largest absolute Gasteiger partial charge is 0.447 e. The molecule has 1 amide bonds. The van der Waals surface area contributed by atoms with Crippen LogP contribution in [0.25, 0.3) is 0 Å². The molecule has 4 aliphatic heterocycles. The fourth-order valence-corrected chi connectivity index (χ4v) is 5.72. The minimum absolute atomic E-state index is 0.0162. The molecule has 2 bridgehead atoms. The maximum Gasteiger partial charge on any atom is 0.261 e. The molecular formula is C23H29N3O3S. The summed E-state index contributed by atoms with van der Waals surface area (Å²) in [5.74, 6) is 1.41. The Hall–Kier alpha value is -2.09. The standard InChI is InChI=1S/C23H29N3O3S/c1-16-22(17-7-9-25(16)10-8-17)24-23(27)20-5-6-21(30-20)29-19-4-2-3-18(15-19)26-11-13-28-14-12-26/h2-6,15-17,22H,7-14H2,1H3,(H,24,27)/t16-,22-/m0/s1. The summed E-state index contributed by atoms with van der Waals surface area (Å²) >= 11 is 1.41. The van der Waals surface area contributed by atoms with Crippen molar-refractivity contribution >= 4 is 22.9 Å². The number of ether oxygens (including phenoxy) is 2. The second kappa shape index (κ2) is 8.57. The van der Waals surface area contributed by atoms with Crippen molar-refractivity contribution in [1.82, 2.24) is 10.2 Å². The molecule has 5 heterocycles. The average Bonchev–Trinajstić information content (AvgIpc) is 3.26. The number of anilines is 1. The molecular weight excluding hydrogens is 398 g/mol. The van der Waals surface area contributed by atoms with Gasteiger partial charge in [-0.2, -0.15) is 0 Å². The predicted octanol–water partition coefficient (Wildman–Crippen LogP) is 3.59. The fourth-order valence-electron chi connectivity index (χ4n) is 4.95. The second-order valence-electron chi connectivity index (χ2n) is 8.43. The number of carbonyl (C=O) groups is 1. The van der Waals surface area contributed by atoms with Crippen molar-refractivity contribution in [3.63, 3.8) is 0 Å². The quantitative estimate of drug-likeness (QED) is 0.790. The predicted molar refractivity (Wildman–Crippen MR) is 119 cm³/mol. The first-order valence-corrected chi connectivity index (χ1v) is 11.7. The Balaban J connectivity index is 1.23. The maximum atomic E-state index is 12.9. The van der Waals surface area contributed by atoms with Gasteiger partial charge in [0.1, 0.15) is 5.75 Å². The lowest BCUT2D eigenvalue weighted by Crippen LogP contribution is -2.62. The number of hydrogen-bond donors (Lipinski definition) is 1. The molecule has 0 spiro atoms. The van der Waals surface area contributed by atoms with Crippen molar-refractivity contribution in [1.29, 1.82) is 0 Å². The van der Waals surface area contributed by atoms with E-state index < -0.39 is 0 Å². The molecule has 1 aromatic carbocycles. The highest BCUT2D eigenvalue weighted by Crippen LogP contribution is 2.34. The lowest BCUT2D eigenvalue weighted by atomic mass is 9.79. The van der Waals surface area contributed by atoms with E-state index in [4.69, 9.17) is 9.47 Å². The van der Waals surface area contributed by atoms with Crippen LogP contribution in [-0.2, 0) is 4.74 Å². The van der Waals surface area contributed by atoms with Crippen LogP contribution < -0.4 is 15.0 Å². The highest BCUT2D eigenvalue weighted by Gasteiger charge is 2.40. The number of benzene rings is 1. The van der Waals surface area contributed by atoms with E-state index in [1.54, 1.807) is 0 Å².